The minimum absolute atomic E-state index is 0.00362. The Morgan fingerprint density at radius 3 is 2.50 bits per heavy atom. The lowest BCUT2D eigenvalue weighted by molar-refractivity contribution is 0.0784. The van der Waals surface area contributed by atoms with Crippen molar-refractivity contribution in [3.05, 3.63) is 71.1 Å². The van der Waals surface area contributed by atoms with Gasteiger partial charge in [-0.15, -0.1) is 0 Å². The number of benzene rings is 2. The SMILES string of the molecule is CN(Cc1ccc(F)cc1F)C(=O)c1ccccc1-c1nc(C(C)(C)C)no1. The van der Waals surface area contributed by atoms with Crippen molar-refractivity contribution in [3.63, 3.8) is 0 Å². The Bertz CT molecular complexity index is 1010. The monoisotopic (exact) mass is 385 g/mol. The van der Waals surface area contributed by atoms with Crippen LogP contribution in [0.1, 0.15) is 42.5 Å². The molecule has 0 aliphatic carbocycles. The first-order chi connectivity index (χ1) is 13.2. The summed E-state index contributed by atoms with van der Waals surface area (Å²) >= 11 is 0. The van der Waals surface area contributed by atoms with Crippen LogP contribution in [0.4, 0.5) is 8.78 Å². The van der Waals surface area contributed by atoms with Gasteiger partial charge in [0, 0.05) is 30.6 Å². The molecule has 28 heavy (non-hydrogen) atoms. The van der Waals surface area contributed by atoms with Gasteiger partial charge >= 0.3 is 0 Å². The van der Waals surface area contributed by atoms with Crippen LogP contribution in [0.5, 0.6) is 0 Å². The molecule has 0 N–H and O–H groups in total. The van der Waals surface area contributed by atoms with Crippen molar-refractivity contribution < 1.29 is 18.1 Å². The first-order valence-corrected chi connectivity index (χ1v) is 8.80. The molecule has 3 rings (SSSR count). The van der Waals surface area contributed by atoms with E-state index in [0.717, 1.165) is 12.1 Å². The van der Waals surface area contributed by atoms with E-state index in [0.29, 0.717) is 17.0 Å². The smallest absolute Gasteiger partial charge is 0.258 e. The zero-order chi connectivity index (χ0) is 20.5. The Hall–Kier alpha value is -3.09. The third-order valence-corrected chi connectivity index (χ3v) is 4.25. The Balaban J connectivity index is 1.89. The lowest BCUT2D eigenvalue weighted by Gasteiger charge is -2.19. The number of nitrogens with zero attached hydrogens (tertiary/aromatic N) is 3. The van der Waals surface area contributed by atoms with Crippen molar-refractivity contribution in [1.29, 1.82) is 0 Å². The molecule has 2 aromatic carbocycles. The maximum absolute atomic E-state index is 13.9. The highest BCUT2D eigenvalue weighted by Crippen LogP contribution is 2.27. The van der Waals surface area contributed by atoms with Gasteiger partial charge in [0.2, 0.25) is 0 Å². The third kappa shape index (κ3) is 4.08. The van der Waals surface area contributed by atoms with Gasteiger partial charge in [0.05, 0.1) is 11.1 Å². The summed E-state index contributed by atoms with van der Waals surface area (Å²) in [5, 5.41) is 4.00. The molecule has 5 nitrogen and oxygen atoms in total. The maximum Gasteiger partial charge on any atom is 0.258 e. The number of carbonyl (C=O) groups is 1. The van der Waals surface area contributed by atoms with Crippen LogP contribution in [0, 0.1) is 11.6 Å². The number of rotatable bonds is 4. The largest absolute Gasteiger partial charge is 0.337 e. The van der Waals surface area contributed by atoms with Gasteiger partial charge < -0.3 is 9.42 Å². The number of carbonyl (C=O) groups excluding carboxylic acids is 1. The second-order valence-electron chi connectivity index (χ2n) is 7.62. The topological polar surface area (TPSA) is 59.2 Å². The maximum atomic E-state index is 13.9. The van der Waals surface area contributed by atoms with Gasteiger partial charge in [0.15, 0.2) is 5.82 Å². The van der Waals surface area contributed by atoms with E-state index in [1.165, 1.54) is 11.0 Å². The molecule has 1 amide bonds. The molecule has 0 fully saturated rings. The van der Waals surface area contributed by atoms with Crippen LogP contribution in [-0.4, -0.2) is 28.0 Å². The first-order valence-electron chi connectivity index (χ1n) is 8.80. The van der Waals surface area contributed by atoms with Crippen LogP contribution in [0.2, 0.25) is 0 Å². The molecule has 0 aliphatic rings. The molecule has 3 aromatic rings. The van der Waals surface area contributed by atoms with E-state index >= 15 is 0 Å². The van der Waals surface area contributed by atoms with Gasteiger partial charge in [-0.3, -0.25) is 4.79 Å². The fourth-order valence-corrected chi connectivity index (χ4v) is 2.68. The van der Waals surface area contributed by atoms with Crippen LogP contribution in [0.3, 0.4) is 0 Å². The van der Waals surface area contributed by atoms with E-state index in [1.807, 2.05) is 20.8 Å². The van der Waals surface area contributed by atoms with Crippen molar-refractivity contribution in [2.45, 2.75) is 32.7 Å². The Morgan fingerprint density at radius 1 is 1.14 bits per heavy atom. The number of hydrogen-bond acceptors (Lipinski definition) is 4. The molecule has 0 spiro atoms. The Labute approximate surface area is 162 Å². The Morgan fingerprint density at radius 2 is 1.86 bits per heavy atom. The van der Waals surface area contributed by atoms with Crippen LogP contribution < -0.4 is 0 Å². The molecule has 0 saturated heterocycles. The molecule has 0 bridgehead atoms. The summed E-state index contributed by atoms with van der Waals surface area (Å²) in [7, 11) is 1.55. The first kappa shape index (κ1) is 19.7. The molecule has 0 radical (unpaired) electrons. The molecule has 0 aliphatic heterocycles. The summed E-state index contributed by atoms with van der Waals surface area (Å²) in [6, 6.07) is 10.2. The quantitative estimate of drug-likeness (QED) is 0.659. The minimum Gasteiger partial charge on any atom is -0.337 e. The highest BCUT2D eigenvalue weighted by molar-refractivity contribution is 5.99. The van der Waals surface area contributed by atoms with E-state index in [9.17, 15) is 13.6 Å². The normalized spacial score (nSPS) is 11.5. The average Bonchev–Trinajstić information content (AvgIpc) is 3.14. The van der Waals surface area contributed by atoms with Crippen LogP contribution >= 0.6 is 0 Å². The van der Waals surface area contributed by atoms with E-state index < -0.39 is 11.6 Å². The summed E-state index contributed by atoms with van der Waals surface area (Å²) in [6.45, 7) is 5.88. The fraction of sp³-hybridized carbons (Fsp3) is 0.286. The van der Waals surface area contributed by atoms with Crippen molar-refractivity contribution in [1.82, 2.24) is 15.0 Å². The van der Waals surface area contributed by atoms with Crippen LogP contribution in [0.15, 0.2) is 47.0 Å². The summed E-state index contributed by atoms with van der Waals surface area (Å²) in [5.74, 6) is -0.914. The lowest BCUT2D eigenvalue weighted by atomic mass is 9.96. The second-order valence-corrected chi connectivity index (χ2v) is 7.62. The standard InChI is InChI=1S/C21H21F2N3O2/c1-21(2,3)20-24-18(28-25-20)15-7-5-6-8-16(15)19(27)26(4)12-13-9-10-14(22)11-17(13)23/h5-11H,12H2,1-4H3. The minimum atomic E-state index is -0.695. The van der Waals surface area contributed by atoms with Gasteiger partial charge in [0.1, 0.15) is 11.6 Å². The average molecular weight is 385 g/mol. The fourth-order valence-electron chi connectivity index (χ4n) is 2.68. The van der Waals surface area contributed by atoms with E-state index in [2.05, 4.69) is 10.1 Å². The molecule has 146 valence electrons. The van der Waals surface area contributed by atoms with Gasteiger partial charge in [0.25, 0.3) is 11.8 Å². The summed E-state index contributed by atoms with van der Waals surface area (Å²) in [6.07, 6.45) is 0. The van der Waals surface area contributed by atoms with Gasteiger partial charge in [-0.2, -0.15) is 4.98 Å². The zero-order valence-corrected chi connectivity index (χ0v) is 16.2. The van der Waals surface area contributed by atoms with Crippen molar-refractivity contribution in [2.75, 3.05) is 7.05 Å². The molecule has 7 heteroatoms. The van der Waals surface area contributed by atoms with Gasteiger partial charge in [-0.1, -0.05) is 44.1 Å². The van der Waals surface area contributed by atoms with E-state index in [1.54, 1.807) is 31.3 Å². The number of aromatic nitrogens is 2. The summed E-state index contributed by atoms with van der Waals surface area (Å²) in [4.78, 5) is 18.7. The van der Waals surface area contributed by atoms with E-state index in [-0.39, 0.29) is 29.3 Å². The molecule has 0 atom stereocenters. The zero-order valence-electron chi connectivity index (χ0n) is 16.2. The van der Waals surface area contributed by atoms with Gasteiger partial charge in [-0.25, -0.2) is 8.78 Å². The molecule has 1 heterocycles. The van der Waals surface area contributed by atoms with Crippen LogP contribution in [-0.2, 0) is 12.0 Å². The van der Waals surface area contributed by atoms with Gasteiger partial charge in [-0.05, 0) is 18.2 Å². The van der Waals surface area contributed by atoms with Crippen LogP contribution in [0.25, 0.3) is 11.5 Å². The predicted molar refractivity (Wildman–Crippen MR) is 101 cm³/mol. The highest BCUT2D eigenvalue weighted by atomic mass is 19.1. The van der Waals surface area contributed by atoms with Crippen molar-refractivity contribution >= 4 is 5.91 Å². The summed E-state index contributed by atoms with van der Waals surface area (Å²) < 4.78 is 32.4. The lowest BCUT2D eigenvalue weighted by Crippen LogP contribution is -2.27. The number of amides is 1. The number of hydrogen-bond donors (Lipinski definition) is 0. The summed E-state index contributed by atoms with van der Waals surface area (Å²) in [5.41, 5.74) is 0.790. The second kappa shape index (κ2) is 7.50. The highest BCUT2D eigenvalue weighted by Gasteiger charge is 2.24. The number of halogens is 2. The van der Waals surface area contributed by atoms with E-state index in [4.69, 9.17) is 4.52 Å². The van der Waals surface area contributed by atoms with Crippen molar-refractivity contribution in [2.24, 2.45) is 0 Å². The third-order valence-electron chi connectivity index (χ3n) is 4.25. The Kier molecular flexibility index (Phi) is 5.27. The molecule has 0 saturated carbocycles. The molecule has 0 unspecified atom stereocenters. The molecule has 1 aromatic heterocycles. The predicted octanol–water partition coefficient (Wildman–Crippen LogP) is 4.58. The molecular formula is C21H21F2N3O2. The van der Waals surface area contributed by atoms with Crippen molar-refractivity contribution in [3.8, 4) is 11.5 Å². The molecular weight excluding hydrogens is 364 g/mol.